The number of guanidine groups is 1. The summed E-state index contributed by atoms with van der Waals surface area (Å²) in [5.41, 5.74) is 0. The standard InChI is InChI=1S/C19H34N4O3/c1-22(2)18(24)13-21-19(20-12-17-4-3-9-26-17)23-8-5-16(14-23)15-6-10-25-11-7-15/h15-17H,3-14H2,1-2H3,(H,20,21). The van der Waals surface area contributed by atoms with Gasteiger partial charge in [-0.15, -0.1) is 0 Å². The molecule has 0 aromatic rings. The van der Waals surface area contributed by atoms with E-state index >= 15 is 0 Å². The molecule has 0 spiro atoms. The average Bonchev–Trinajstić information content (AvgIpc) is 3.34. The van der Waals surface area contributed by atoms with E-state index in [0.29, 0.717) is 5.92 Å². The van der Waals surface area contributed by atoms with Gasteiger partial charge in [0.2, 0.25) is 5.91 Å². The molecule has 1 N–H and O–H groups in total. The summed E-state index contributed by atoms with van der Waals surface area (Å²) in [4.78, 5) is 20.5. The van der Waals surface area contributed by atoms with Crippen molar-refractivity contribution in [3.63, 3.8) is 0 Å². The first-order valence-corrected chi connectivity index (χ1v) is 10.1. The highest BCUT2D eigenvalue weighted by atomic mass is 16.5. The van der Waals surface area contributed by atoms with Crippen LogP contribution in [0.15, 0.2) is 4.99 Å². The van der Waals surface area contributed by atoms with Crippen molar-refractivity contribution in [2.24, 2.45) is 16.8 Å². The van der Waals surface area contributed by atoms with Crippen molar-refractivity contribution >= 4 is 11.9 Å². The molecule has 0 saturated carbocycles. The van der Waals surface area contributed by atoms with Gasteiger partial charge in [-0.05, 0) is 43.9 Å². The van der Waals surface area contributed by atoms with Crippen LogP contribution < -0.4 is 5.32 Å². The molecule has 3 rings (SSSR count). The third-order valence-corrected chi connectivity index (χ3v) is 5.83. The number of likely N-dealkylation sites (tertiary alicyclic amines) is 1. The molecule has 7 heteroatoms. The van der Waals surface area contributed by atoms with Gasteiger partial charge in [0.15, 0.2) is 5.96 Å². The second kappa shape index (κ2) is 9.55. The van der Waals surface area contributed by atoms with Crippen LogP contribution in [0.4, 0.5) is 0 Å². The van der Waals surface area contributed by atoms with Gasteiger partial charge in [-0.25, -0.2) is 4.99 Å². The van der Waals surface area contributed by atoms with Crippen LogP contribution in [-0.2, 0) is 14.3 Å². The van der Waals surface area contributed by atoms with Gasteiger partial charge in [0.1, 0.15) is 6.54 Å². The van der Waals surface area contributed by atoms with Crippen molar-refractivity contribution in [3.05, 3.63) is 0 Å². The number of ether oxygens (including phenoxy) is 2. The Balaban J connectivity index is 1.58. The molecule has 2 unspecified atom stereocenters. The number of carbonyl (C=O) groups excluding carboxylic acids is 1. The minimum absolute atomic E-state index is 0.0293. The Bertz CT molecular complexity index is 485. The predicted octanol–water partition coefficient (Wildman–Crippen LogP) is 0.948. The number of rotatable bonds is 5. The molecule has 1 amide bonds. The molecule has 2 atom stereocenters. The Morgan fingerprint density at radius 2 is 1.96 bits per heavy atom. The zero-order valence-electron chi connectivity index (χ0n) is 16.3. The highest BCUT2D eigenvalue weighted by molar-refractivity contribution is 5.85. The third-order valence-electron chi connectivity index (χ3n) is 5.83. The molecule has 3 saturated heterocycles. The Labute approximate surface area is 157 Å². The summed E-state index contributed by atoms with van der Waals surface area (Å²) in [7, 11) is 3.54. The molecule has 0 radical (unpaired) electrons. The second-order valence-corrected chi connectivity index (χ2v) is 7.89. The van der Waals surface area contributed by atoms with E-state index in [1.165, 1.54) is 19.3 Å². The fourth-order valence-corrected chi connectivity index (χ4v) is 4.11. The molecule has 0 aromatic carbocycles. The number of nitrogens with zero attached hydrogens (tertiary/aromatic N) is 3. The molecule has 148 valence electrons. The number of nitrogens with one attached hydrogen (secondary N) is 1. The molecule has 3 aliphatic heterocycles. The lowest BCUT2D eigenvalue weighted by molar-refractivity contribution is -0.127. The highest BCUT2D eigenvalue weighted by Crippen LogP contribution is 2.31. The number of amides is 1. The molecule has 3 fully saturated rings. The van der Waals surface area contributed by atoms with E-state index in [0.717, 1.165) is 64.2 Å². The zero-order valence-corrected chi connectivity index (χ0v) is 16.3. The molecular formula is C19H34N4O3. The maximum absolute atomic E-state index is 12.0. The predicted molar refractivity (Wildman–Crippen MR) is 101 cm³/mol. The van der Waals surface area contributed by atoms with E-state index in [4.69, 9.17) is 9.47 Å². The lowest BCUT2D eigenvalue weighted by Gasteiger charge is -2.28. The largest absolute Gasteiger partial charge is 0.381 e. The fraction of sp³-hybridized carbons (Fsp3) is 0.895. The number of likely N-dealkylation sites (N-methyl/N-ethyl adjacent to an activating group) is 1. The molecule has 0 aliphatic carbocycles. The van der Waals surface area contributed by atoms with Crippen LogP contribution >= 0.6 is 0 Å². The first-order valence-electron chi connectivity index (χ1n) is 10.1. The van der Waals surface area contributed by atoms with Crippen molar-refractivity contribution in [1.82, 2.24) is 15.1 Å². The Hall–Kier alpha value is -1.34. The highest BCUT2D eigenvalue weighted by Gasteiger charge is 2.32. The van der Waals surface area contributed by atoms with E-state index in [1.54, 1.807) is 19.0 Å². The van der Waals surface area contributed by atoms with Crippen LogP contribution in [0.5, 0.6) is 0 Å². The first-order chi connectivity index (χ1) is 12.6. The SMILES string of the molecule is CN(C)C(=O)CN=C(NCC1CCCO1)N1CCC(C2CCOCC2)C1. The number of aliphatic imine (C=N–C) groups is 1. The fourth-order valence-electron chi connectivity index (χ4n) is 4.11. The van der Waals surface area contributed by atoms with Gasteiger partial charge in [-0.1, -0.05) is 0 Å². The molecular weight excluding hydrogens is 332 g/mol. The van der Waals surface area contributed by atoms with E-state index in [-0.39, 0.29) is 18.6 Å². The van der Waals surface area contributed by atoms with Crippen LogP contribution in [0.1, 0.15) is 32.1 Å². The van der Waals surface area contributed by atoms with Gasteiger partial charge >= 0.3 is 0 Å². The summed E-state index contributed by atoms with van der Waals surface area (Å²) in [5, 5.41) is 3.48. The molecule has 26 heavy (non-hydrogen) atoms. The number of carbonyl (C=O) groups is 1. The summed E-state index contributed by atoms with van der Waals surface area (Å²) in [6.45, 7) is 5.65. The van der Waals surface area contributed by atoms with Crippen LogP contribution in [-0.4, -0.2) is 87.9 Å². The maximum Gasteiger partial charge on any atom is 0.243 e. The summed E-state index contributed by atoms with van der Waals surface area (Å²) in [6.07, 6.45) is 6.04. The topological polar surface area (TPSA) is 66.4 Å². The molecule has 3 aliphatic rings. The smallest absolute Gasteiger partial charge is 0.243 e. The van der Waals surface area contributed by atoms with E-state index in [1.807, 2.05) is 0 Å². The van der Waals surface area contributed by atoms with Gasteiger partial charge in [-0.2, -0.15) is 0 Å². The van der Waals surface area contributed by atoms with Crippen LogP contribution in [0.2, 0.25) is 0 Å². The van der Waals surface area contributed by atoms with E-state index in [9.17, 15) is 4.79 Å². The first kappa shape index (κ1) is 19.4. The van der Waals surface area contributed by atoms with E-state index in [2.05, 4.69) is 15.2 Å². The van der Waals surface area contributed by atoms with Crippen molar-refractivity contribution in [3.8, 4) is 0 Å². The van der Waals surface area contributed by atoms with Gasteiger partial charge in [-0.3, -0.25) is 4.79 Å². The van der Waals surface area contributed by atoms with Crippen LogP contribution in [0.25, 0.3) is 0 Å². The van der Waals surface area contributed by atoms with Crippen molar-refractivity contribution in [2.45, 2.75) is 38.2 Å². The van der Waals surface area contributed by atoms with E-state index < -0.39 is 0 Å². The molecule has 0 bridgehead atoms. The minimum Gasteiger partial charge on any atom is -0.381 e. The monoisotopic (exact) mass is 366 g/mol. The van der Waals surface area contributed by atoms with Crippen LogP contribution in [0.3, 0.4) is 0 Å². The molecule has 0 aromatic heterocycles. The second-order valence-electron chi connectivity index (χ2n) is 7.89. The number of hydrogen-bond donors (Lipinski definition) is 1. The molecule has 3 heterocycles. The van der Waals surface area contributed by atoms with Gasteiger partial charge in [0.25, 0.3) is 0 Å². The summed E-state index contributed by atoms with van der Waals surface area (Å²) in [5.74, 6) is 2.36. The molecule has 7 nitrogen and oxygen atoms in total. The van der Waals surface area contributed by atoms with Gasteiger partial charge < -0.3 is 24.6 Å². The van der Waals surface area contributed by atoms with Crippen molar-refractivity contribution in [2.75, 3.05) is 60.1 Å². The minimum atomic E-state index is 0.0293. The number of hydrogen-bond acceptors (Lipinski definition) is 4. The Morgan fingerprint density at radius 1 is 1.15 bits per heavy atom. The van der Waals surface area contributed by atoms with Gasteiger partial charge in [0, 0.05) is 53.6 Å². The lowest BCUT2D eigenvalue weighted by atomic mass is 9.85. The average molecular weight is 367 g/mol. The van der Waals surface area contributed by atoms with Crippen molar-refractivity contribution in [1.29, 1.82) is 0 Å². The van der Waals surface area contributed by atoms with Gasteiger partial charge in [0.05, 0.1) is 6.10 Å². The Morgan fingerprint density at radius 3 is 2.65 bits per heavy atom. The summed E-state index contributed by atoms with van der Waals surface area (Å²) < 4.78 is 11.2. The third kappa shape index (κ3) is 5.33. The quantitative estimate of drug-likeness (QED) is 0.580. The lowest BCUT2D eigenvalue weighted by Crippen LogP contribution is -2.44. The summed E-state index contributed by atoms with van der Waals surface area (Å²) >= 11 is 0. The zero-order chi connectivity index (χ0) is 18.4. The van der Waals surface area contributed by atoms with Crippen LogP contribution in [0, 0.1) is 11.8 Å². The Kier molecular flexibility index (Phi) is 7.14. The maximum atomic E-state index is 12.0. The normalized spacial score (nSPS) is 27.8. The summed E-state index contributed by atoms with van der Waals surface area (Å²) in [6, 6.07) is 0. The van der Waals surface area contributed by atoms with Crippen molar-refractivity contribution < 1.29 is 14.3 Å².